The quantitative estimate of drug-likeness (QED) is 0.409. The van der Waals surface area contributed by atoms with Crippen molar-refractivity contribution in [2.24, 2.45) is 5.92 Å². The number of carbonyl (C=O) groups is 1. The largest absolute Gasteiger partial charge is 0.393 e. The SMILES string of the molecule is CC(C(CC1CCC1)c1cccc(C#N)c1)N1C=C(CC(F)(F)F)C=CC1OC(C)(C)C=O. The Balaban J connectivity index is 1.96. The van der Waals surface area contributed by atoms with Crippen molar-refractivity contribution in [3.63, 3.8) is 0 Å². The number of rotatable bonds is 9. The number of hydrogen-bond acceptors (Lipinski definition) is 4. The fourth-order valence-corrected chi connectivity index (χ4v) is 4.48. The predicted octanol–water partition coefficient (Wildman–Crippen LogP) is 6.25. The lowest BCUT2D eigenvalue weighted by atomic mass is 9.74. The standard InChI is InChI=1S/C26H31F3N2O2/c1-18(23(13-19-6-4-7-19)22-9-5-8-20(12-22)15-30)31-16-21(14-26(27,28)29)10-11-24(31)33-25(2,3)17-32/h5,8-12,16-19,23-24H,4,6-7,13-14H2,1-3H3. The van der Waals surface area contributed by atoms with Gasteiger partial charge in [-0.15, -0.1) is 0 Å². The van der Waals surface area contributed by atoms with Gasteiger partial charge in [0.05, 0.1) is 18.1 Å². The molecular formula is C26H31F3N2O2. The van der Waals surface area contributed by atoms with E-state index in [1.807, 2.05) is 25.1 Å². The maximum atomic E-state index is 13.1. The Bertz CT molecular complexity index is 942. The zero-order valence-electron chi connectivity index (χ0n) is 19.3. The number of hydrogen-bond donors (Lipinski definition) is 0. The van der Waals surface area contributed by atoms with Gasteiger partial charge in [-0.2, -0.15) is 18.4 Å². The fourth-order valence-electron chi connectivity index (χ4n) is 4.48. The smallest absolute Gasteiger partial charge is 0.346 e. The number of alkyl halides is 3. The van der Waals surface area contributed by atoms with E-state index in [2.05, 4.69) is 6.07 Å². The Morgan fingerprint density at radius 3 is 2.61 bits per heavy atom. The second-order valence-electron chi connectivity index (χ2n) is 9.65. The number of carbonyl (C=O) groups excluding carboxylic acids is 1. The van der Waals surface area contributed by atoms with Crippen LogP contribution in [0.3, 0.4) is 0 Å². The van der Waals surface area contributed by atoms with Gasteiger partial charge in [0, 0.05) is 18.2 Å². The highest BCUT2D eigenvalue weighted by atomic mass is 19.4. The van der Waals surface area contributed by atoms with E-state index in [1.165, 1.54) is 18.7 Å². The molecule has 1 heterocycles. The third-order valence-electron chi connectivity index (χ3n) is 6.51. The van der Waals surface area contributed by atoms with Crippen molar-refractivity contribution in [3.8, 4) is 6.07 Å². The highest BCUT2D eigenvalue weighted by Gasteiger charge is 2.36. The monoisotopic (exact) mass is 460 g/mol. The third kappa shape index (κ3) is 6.70. The van der Waals surface area contributed by atoms with Gasteiger partial charge in [0.25, 0.3) is 0 Å². The summed E-state index contributed by atoms with van der Waals surface area (Å²) in [7, 11) is 0. The summed E-state index contributed by atoms with van der Waals surface area (Å²) >= 11 is 0. The number of aldehydes is 1. The molecule has 1 aliphatic heterocycles. The van der Waals surface area contributed by atoms with Gasteiger partial charge in [-0.25, -0.2) is 0 Å². The molecule has 0 amide bonds. The molecule has 2 aliphatic rings. The summed E-state index contributed by atoms with van der Waals surface area (Å²) < 4.78 is 45.4. The lowest BCUT2D eigenvalue weighted by Crippen LogP contribution is -2.47. The molecule has 3 atom stereocenters. The van der Waals surface area contributed by atoms with Crippen LogP contribution in [0.4, 0.5) is 13.2 Å². The molecule has 0 saturated heterocycles. The number of allylic oxidation sites excluding steroid dienone is 2. The van der Waals surface area contributed by atoms with E-state index in [0.717, 1.165) is 24.8 Å². The van der Waals surface area contributed by atoms with Crippen molar-refractivity contribution < 1.29 is 22.7 Å². The molecule has 4 nitrogen and oxygen atoms in total. The molecule has 33 heavy (non-hydrogen) atoms. The Morgan fingerprint density at radius 2 is 2.03 bits per heavy atom. The Morgan fingerprint density at radius 1 is 1.30 bits per heavy atom. The van der Waals surface area contributed by atoms with Crippen molar-refractivity contribution in [2.45, 2.75) is 82.8 Å². The lowest BCUT2D eigenvalue weighted by molar-refractivity contribution is -0.145. The van der Waals surface area contributed by atoms with Gasteiger partial charge in [0.15, 0.2) is 12.5 Å². The van der Waals surface area contributed by atoms with Crippen molar-refractivity contribution in [1.82, 2.24) is 4.90 Å². The number of halogens is 3. The molecule has 0 radical (unpaired) electrons. The summed E-state index contributed by atoms with van der Waals surface area (Å²) in [5, 5.41) is 9.37. The molecule has 178 valence electrons. The highest BCUT2D eigenvalue weighted by molar-refractivity contribution is 5.60. The topological polar surface area (TPSA) is 53.3 Å². The van der Waals surface area contributed by atoms with Gasteiger partial charge in [0.1, 0.15) is 5.60 Å². The van der Waals surface area contributed by atoms with E-state index < -0.39 is 24.4 Å². The molecule has 1 aliphatic carbocycles. The fraction of sp³-hybridized carbons (Fsp3) is 0.538. The minimum absolute atomic E-state index is 0.0102. The average Bonchev–Trinajstić information content (AvgIpc) is 2.72. The Labute approximate surface area is 193 Å². The zero-order valence-corrected chi connectivity index (χ0v) is 19.3. The maximum Gasteiger partial charge on any atom is 0.393 e. The van der Waals surface area contributed by atoms with Gasteiger partial charge in [-0.3, -0.25) is 0 Å². The summed E-state index contributed by atoms with van der Waals surface area (Å²) in [6.07, 6.45) is 3.53. The lowest BCUT2D eigenvalue weighted by Gasteiger charge is -2.43. The Kier molecular flexibility index (Phi) is 7.69. The number of nitrogens with zero attached hydrogens (tertiary/aromatic N) is 2. The first kappa shape index (κ1) is 25.0. The van der Waals surface area contributed by atoms with Crippen molar-refractivity contribution in [3.05, 3.63) is 59.3 Å². The van der Waals surface area contributed by atoms with Crippen LogP contribution in [0.15, 0.2) is 48.2 Å². The minimum Gasteiger partial charge on any atom is -0.346 e. The molecule has 1 aromatic carbocycles. The van der Waals surface area contributed by atoms with Crippen LogP contribution in [0.2, 0.25) is 0 Å². The van der Waals surface area contributed by atoms with Crippen LogP contribution in [0, 0.1) is 17.2 Å². The maximum absolute atomic E-state index is 13.1. The van der Waals surface area contributed by atoms with Crippen LogP contribution >= 0.6 is 0 Å². The van der Waals surface area contributed by atoms with E-state index in [4.69, 9.17) is 4.74 Å². The molecule has 0 bridgehead atoms. The second-order valence-corrected chi connectivity index (χ2v) is 9.65. The summed E-state index contributed by atoms with van der Waals surface area (Å²) in [4.78, 5) is 13.3. The predicted molar refractivity (Wildman–Crippen MR) is 120 cm³/mol. The number of nitriles is 1. The second kappa shape index (κ2) is 10.1. The molecule has 1 aromatic rings. The van der Waals surface area contributed by atoms with Crippen molar-refractivity contribution in [2.75, 3.05) is 0 Å². The average molecular weight is 461 g/mol. The van der Waals surface area contributed by atoms with E-state index in [0.29, 0.717) is 17.8 Å². The molecule has 1 fully saturated rings. The van der Waals surface area contributed by atoms with Gasteiger partial charge >= 0.3 is 6.18 Å². The molecule has 0 spiro atoms. The normalized spacial score (nSPS) is 21.1. The number of ether oxygens (including phenoxy) is 1. The molecule has 1 saturated carbocycles. The molecule has 3 rings (SSSR count). The van der Waals surface area contributed by atoms with Gasteiger partial charge in [-0.05, 0) is 62.5 Å². The summed E-state index contributed by atoms with van der Waals surface area (Å²) in [5.74, 6) is 0.539. The van der Waals surface area contributed by atoms with Crippen molar-refractivity contribution in [1.29, 1.82) is 5.26 Å². The third-order valence-corrected chi connectivity index (χ3v) is 6.51. The van der Waals surface area contributed by atoms with Crippen molar-refractivity contribution >= 4 is 6.29 Å². The summed E-state index contributed by atoms with van der Waals surface area (Å²) in [5.41, 5.74) is 0.598. The van der Waals surface area contributed by atoms with Crippen LogP contribution in [0.5, 0.6) is 0 Å². The van der Waals surface area contributed by atoms with E-state index >= 15 is 0 Å². The van der Waals surface area contributed by atoms with E-state index in [-0.39, 0.29) is 17.5 Å². The summed E-state index contributed by atoms with van der Waals surface area (Å²) in [6.45, 7) is 5.25. The molecule has 0 aromatic heterocycles. The van der Waals surface area contributed by atoms with Crippen LogP contribution in [0.1, 0.15) is 69.9 Å². The van der Waals surface area contributed by atoms with Gasteiger partial charge in [-0.1, -0.05) is 37.5 Å². The first-order valence-corrected chi connectivity index (χ1v) is 11.4. The van der Waals surface area contributed by atoms with Crippen LogP contribution < -0.4 is 0 Å². The molecular weight excluding hydrogens is 429 g/mol. The highest BCUT2D eigenvalue weighted by Crippen LogP contribution is 2.40. The van der Waals surface area contributed by atoms with Crippen LogP contribution in [-0.4, -0.2) is 35.2 Å². The van der Waals surface area contributed by atoms with Gasteiger partial charge in [0.2, 0.25) is 0 Å². The number of benzene rings is 1. The molecule has 3 unspecified atom stereocenters. The van der Waals surface area contributed by atoms with E-state index in [9.17, 15) is 23.2 Å². The molecule has 0 N–H and O–H groups in total. The zero-order chi connectivity index (χ0) is 24.2. The minimum atomic E-state index is -4.33. The Hall–Kier alpha value is -2.59. The summed E-state index contributed by atoms with van der Waals surface area (Å²) in [6, 6.07) is 9.39. The first-order chi connectivity index (χ1) is 15.5. The van der Waals surface area contributed by atoms with E-state index in [1.54, 1.807) is 30.9 Å². The van der Waals surface area contributed by atoms with Crippen LogP contribution in [0.25, 0.3) is 0 Å². The molecule has 7 heteroatoms. The van der Waals surface area contributed by atoms with Crippen LogP contribution in [-0.2, 0) is 9.53 Å². The first-order valence-electron chi connectivity index (χ1n) is 11.4. The van der Waals surface area contributed by atoms with Gasteiger partial charge < -0.3 is 14.4 Å².